The van der Waals surface area contributed by atoms with E-state index in [4.69, 9.17) is 10.3 Å². The molecule has 4 nitrogen and oxygen atoms in total. The molecule has 0 radical (unpaired) electrons. The highest BCUT2D eigenvalue weighted by Crippen LogP contribution is 2.25. The van der Waals surface area contributed by atoms with E-state index < -0.39 is 0 Å². The molecule has 0 aliphatic rings. The smallest absolute Gasteiger partial charge is 0.228 e. The van der Waals surface area contributed by atoms with E-state index in [1.54, 1.807) is 18.2 Å². The Kier molecular flexibility index (Phi) is 5.00. The summed E-state index contributed by atoms with van der Waals surface area (Å²) in [6.45, 7) is 6.22. The summed E-state index contributed by atoms with van der Waals surface area (Å²) in [4.78, 5) is 4.89. The Morgan fingerprint density at radius 2 is 2.05 bits per heavy atom. The van der Waals surface area contributed by atoms with E-state index in [0.29, 0.717) is 28.8 Å². The number of nitrogens with zero attached hydrogens (tertiary/aromatic N) is 2. The number of thioether (sulfide) groups is 1. The second kappa shape index (κ2) is 6.58. The molecule has 0 aliphatic heterocycles. The van der Waals surface area contributed by atoms with Gasteiger partial charge < -0.3 is 10.3 Å². The molecule has 0 saturated carbocycles. The van der Waals surface area contributed by atoms with Crippen molar-refractivity contribution in [3.63, 3.8) is 0 Å². The average Bonchev–Trinajstić information content (AvgIpc) is 2.84. The number of benzene rings is 1. The van der Waals surface area contributed by atoms with Crippen LogP contribution in [0.25, 0.3) is 0 Å². The zero-order valence-electron chi connectivity index (χ0n) is 12.5. The Hall–Kier alpha value is -1.40. The lowest BCUT2D eigenvalue weighted by Gasteiger charge is -2.25. The largest absolute Gasteiger partial charge is 0.339 e. The van der Waals surface area contributed by atoms with Crippen molar-refractivity contribution in [3.8, 4) is 0 Å². The van der Waals surface area contributed by atoms with Gasteiger partial charge in [0.05, 0.1) is 5.75 Å². The van der Waals surface area contributed by atoms with Crippen LogP contribution < -0.4 is 5.73 Å². The molecular weight excluding hydrogens is 289 g/mol. The van der Waals surface area contributed by atoms with E-state index in [-0.39, 0.29) is 17.3 Å². The summed E-state index contributed by atoms with van der Waals surface area (Å²) in [6.07, 6.45) is 0.543. The highest BCUT2D eigenvalue weighted by molar-refractivity contribution is 7.98. The molecule has 6 heteroatoms. The monoisotopic (exact) mass is 309 g/mol. The number of halogens is 1. The van der Waals surface area contributed by atoms with Crippen molar-refractivity contribution < 1.29 is 8.91 Å². The van der Waals surface area contributed by atoms with Gasteiger partial charge in [-0.15, -0.1) is 11.8 Å². The fraction of sp³-hybridized carbons (Fsp3) is 0.467. The Morgan fingerprint density at radius 3 is 2.71 bits per heavy atom. The topological polar surface area (TPSA) is 64.9 Å². The van der Waals surface area contributed by atoms with Crippen LogP contribution in [-0.2, 0) is 12.2 Å². The molecule has 21 heavy (non-hydrogen) atoms. The molecule has 2 aromatic rings. The lowest BCUT2D eigenvalue weighted by molar-refractivity contribution is 0.285. The van der Waals surface area contributed by atoms with Gasteiger partial charge in [0.1, 0.15) is 5.82 Å². The van der Waals surface area contributed by atoms with Crippen LogP contribution in [0.4, 0.5) is 4.39 Å². The highest BCUT2D eigenvalue weighted by Gasteiger charge is 2.23. The molecule has 0 saturated heterocycles. The third-order valence-corrected chi connectivity index (χ3v) is 4.26. The number of rotatable bonds is 5. The molecule has 2 rings (SSSR count). The van der Waals surface area contributed by atoms with Gasteiger partial charge in [0, 0.05) is 17.4 Å². The molecule has 1 aromatic carbocycles. The lowest BCUT2D eigenvalue weighted by atomic mass is 9.85. The molecule has 0 amide bonds. The second-order valence-electron chi connectivity index (χ2n) is 6.00. The number of hydrogen-bond donors (Lipinski definition) is 1. The minimum absolute atomic E-state index is 0.0173. The lowest BCUT2D eigenvalue weighted by Crippen LogP contribution is -2.36. The van der Waals surface area contributed by atoms with Crippen LogP contribution in [0.1, 0.15) is 32.5 Å². The minimum atomic E-state index is -0.235. The molecule has 1 unspecified atom stereocenters. The van der Waals surface area contributed by atoms with Crippen LogP contribution in [0, 0.1) is 11.2 Å². The second-order valence-corrected chi connectivity index (χ2v) is 7.02. The summed E-state index contributed by atoms with van der Waals surface area (Å²) in [5.41, 5.74) is 6.08. The van der Waals surface area contributed by atoms with Crippen molar-refractivity contribution in [2.24, 2.45) is 11.1 Å². The van der Waals surface area contributed by atoms with Gasteiger partial charge in [-0.3, -0.25) is 0 Å². The normalized spacial score (nSPS) is 13.4. The summed E-state index contributed by atoms with van der Waals surface area (Å²) < 4.78 is 18.7. The predicted molar refractivity (Wildman–Crippen MR) is 81.4 cm³/mol. The maximum absolute atomic E-state index is 13.5. The van der Waals surface area contributed by atoms with Gasteiger partial charge in [-0.25, -0.2) is 4.39 Å². The van der Waals surface area contributed by atoms with Crippen molar-refractivity contribution >= 4 is 11.8 Å². The van der Waals surface area contributed by atoms with E-state index in [2.05, 4.69) is 30.9 Å². The Morgan fingerprint density at radius 1 is 1.33 bits per heavy atom. The first kappa shape index (κ1) is 16.0. The van der Waals surface area contributed by atoms with Gasteiger partial charge in [-0.1, -0.05) is 38.1 Å². The maximum Gasteiger partial charge on any atom is 0.228 e. The zero-order chi connectivity index (χ0) is 15.5. The third-order valence-electron chi connectivity index (χ3n) is 3.21. The molecule has 1 aromatic heterocycles. The van der Waals surface area contributed by atoms with Crippen LogP contribution in [-0.4, -0.2) is 16.2 Å². The van der Waals surface area contributed by atoms with Crippen LogP contribution in [0.3, 0.4) is 0 Å². The van der Waals surface area contributed by atoms with Crippen LogP contribution in [0.2, 0.25) is 0 Å². The van der Waals surface area contributed by atoms with E-state index in [1.807, 2.05) is 0 Å². The molecule has 0 bridgehead atoms. The summed E-state index contributed by atoms with van der Waals surface area (Å²) in [6, 6.07) is 6.59. The van der Waals surface area contributed by atoms with Crippen molar-refractivity contribution in [2.75, 3.05) is 0 Å². The Bertz CT molecular complexity index is 595. The van der Waals surface area contributed by atoms with Crippen molar-refractivity contribution in [3.05, 3.63) is 41.8 Å². The first-order valence-corrected chi connectivity index (χ1v) is 7.79. The fourth-order valence-corrected chi connectivity index (χ4v) is 2.41. The van der Waals surface area contributed by atoms with Crippen LogP contribution >= 0.6 is 11.8 Å². The molecule has 0 aliphatic carbocycles. The Labute approximate surface area is 128 Å². The van der Waals surface area contributed by atoms with Gasteiger partial charge in [0.2, 0.25) is 5.89 Å². The minimum Gasteiger partial charge on any atom is -0.339 e. The van der Waals surface area contributed by atoms with E-state index in [9.17, 15) is 4.39 Å². The first-order valence-electron chi connectivity index (χ1n) is 6.80. The standard InChI is InChI=1S/C15H20FN3OS/c1-15(2,3)12(17)8-14-18-13(19-20-14)9-21-11-7-5-4-6-10(11)16/h4-7,12H,8-9,17H2,1-3H3. The molecule has 1 atom stereocenters. The van der Waals surface area contributed by atoms with Gasteiger partial charge >= 0.3 is 0 Å². The SMILES string of the molecule is CC(C)(C)C(N)Cc1nc(CSc2ccccc2F)no1. The van der Waals surface area contributed by atoms with E-state index >= 15 is 0 Å². The zero-order valence-corrected chi connectivity index (χ0v) is 13.3. The van der Waals surface area contributed by atoms with E-state index in [0.717, 1.165) is 0 Å². The first-order chi connectivity index (χ1) is 9.86. The summed E-state index contributed by atoms with van der Waals surface area (Å²) in [7, 11) is 0. The van der Waals surface area contributed by atoms with E-state index in [1.165, 1.54) is 17.8 Å². The third kappa shape index (κ3) is 4.54. The number of hydrogen-bond acceptors (Lipinski definition) is 5. The fourth-order valence-electron chi connectivity index (χ4n) is 1.63. The van der Waals surface area contributed by atoms with Crippen molar-refractivity contribution in [2.45, 2.75) is 43.9 Å². The summed E-state index contributed by atoms with van der Waals surface area (Å²) in [5, 5.41) is 3.91. The molecule has 0 fully saturated rings. The molecule has 114 valence electrons. The predicted octanol–water partition coefficient (Wildman–Crippen LogP) is 3.42. The summed E-state index contributed by atoms with van der Waals surface area (Å²) in [5.74, 6) is 1.32. The van der Waals surface area contributed by atoms with Crippen LogP contribution in [0.5, 0.6) is 0 Å². The highest BCUT2D eigenvalue weighted by atomic mass is 32.2. The van der Waals surface area contributed by atoms with Crippen molar-refractivity contribution in [1.29, 1.82) is 0 Å². The summed E-state index contributed by atoms with van der Waals surface area (Å²) >= 11 is 1.35. The quantitative estimate of drug-likeness (QED) is 0.857. The van der Waals surface area contributed by atoms with Crippen molar-refractivity contribution in [1.82, 2.24) is 10.1 Å². The number of aromatic nitrogens is 2. The van der Waals surface area contributed by atoms with Gasteiger partial charge in [0.15, 0.2) is 5.82 Å². The van der Waals surface area contributed by atoms with Crippen LogP contribution in [0.15, 0.2) is 33.7 Å². The van der Waals surface area contributed by atoms with Gasteiger partial charge in [-0.2, -0.15) is 4.98 Å². The number of nitrogens with two attached hydrogens (primary N) is 1. The molecule has 0 spiro atoms. The Balaban J connectivity index is 1.93. The molecule has 1 heterocycles. The maximum atomic E-state index is 13.5. The van der Waals surface area contributed by atoms with Gasteiger partial charge in [0.25, 0.3) is 0 Å². The molecular formula is C15H20FN3OS. The van der Waals surface area contributed by atoms with Gasteiger partial charge in [-0.05, 0) is 17.5 Å². The molecule has 2 N–H and O–H groups in total. The average molecular weight is 309 g/mol.